The average Bonchev–Trinajstić information content (AvgIpc) is 3.58. The minimum atomic E-state index is -5.24. The van der Waals surface area contributed by atoms with Crippen LogP contribution in [0.15, 0.2) is 59.7 Å². The summed E-state index contributed by atoms with van der Waals surface area (Å²) in [5, 5.41) is 79.2. The van der Waals surface area contributed by atoms with Gasteiger partial charge in [0.25, 0.3) is 0 Å². The molecule has 0 bridgehead atoms. The Hall–Kier alpha value is -8.28. The van der Waals surface area contributed by atoms with Crippen molar-refractivity contribution in [3.05, 3.63) is 104 Å². The monoisotopic (exact) mass is 698 g/mol. The molecule has 0 saturated heterocycles. The van der Waals surface area contributed by atoms with E-state index in [1.165, 1.54) is 12.1 Å². The van der Waals surface area contributed by atoms with Gasteiger partial charge in [0.15, 0.2) is 0 Å². The molecule has 3 aromatic rings. The molecule has 2 aliphatic carbocycles. The van der Waals surface area contributed by atoms with Gasteiger partial charge in [0.1, 0.15) is 71.2 Å². The summed E-state index contributed by atoms with van der Waals surface area (Å²) < 4.78 is 87.5. The first kappa shape index (κ1) is 35.0. The smallest absolute Gasteiger partial charge is 0.404 e. The number of nitrogens with zero attached hydrogens (tertiary/aromatic N) is 8. The molecule has 0 spiro atoms. The molecule has 0 heterocycles. The number of fused-ring (bicyclic) bond motifs is 2. The van der Waals surface area contributed by atoms with E-state index in [4.69, 9.17) is 0 Å². The summed E-state index contributed by atoms with van der Waals surface area (Å²) in [6.07, 6.45) is -10.5. The zero-order valence-corrected chi connectivity index (χ0v) is 25.3. The molecule has 0 aliphatic heterocycles. The van der Waals surface area contributed by atoms with Crippen LogP contribution >= 0.6 is 0 Å². The summed E-state index contributed by atoms with van der Waals surface area (Å²) in [6, 6.07) is 21.8. The molecule has 0 atom stereocenters. The summed E-state index contributed by atoms with van der Waals surface area (Å²) in [5.74, 6) is -1.92. The third-order valence-corrected chi connectivity index (χ3v) is 7.64. The van der Waals surface area contributed by atoms with E-state index in [0.29, 0.717) is 0 Å². The number of nitriles is 8. The summed E-state index contributed by atoms with van der Waals surface area (Å²) in [6.45, 7) is 0. The molecule has 10 nitrogen and oxygen atoms in total. The van der Waals surface area contributed by atoms with E-state index < -0.39 is 46.5 Å². The van der Waals surface area contributed by atoms with Crippen LogP contribution in [-0.4, -0.2) is 12.7 Å². The molecule has 5 rings (SSSR count). The van der Waals surface area contributed by atoms with Gasteiger partial charge in [-0.05, 0) is 58.7 Å². The van der Waals surface area contributed by atoms with Crippen LogP contribution < -0.4 is 9.47 Å². The van der Waals surface area contributed by atoms with Crippen LogP contribution in [0.5, 0.6) is 11.5 Å². The normalized spacial score (nSPS) is 12.8. The molecule has 0 fully saturated rings. The lowest BCUT2D eigenvalue weighted by molar-refractivity contribution is -0.275. The van der Waals surface area contributed by atoms with Crippen molar-refractivity contribution in [1.29, 1.82) is 42.1 Å². The summed E-state index contributed by atoms with van der Waals surface area (Å²) >= 11 is 0. The third kappa shape index (κ3) is 5.96. The molecule has 2 aliphatic rings. The van der Waals surface area contributed by atoms with E-state index in [2.05, 4.69) is 9.47 Å². The van der Waals surface area contributed by atoms with Crippen molar-refractivity contribution in [1.82, 2.24) is 0 Å². The lowest BCUT2D eigenvalue weighted by Crippen LogP contribution is -2.18. The summed E-state index contributed by atoms with van der Waals surface area (Å²) in [7, 11) is 0. The molecular weight excluding hydrogens is 690 g/mol. The van der Waals surface area contributed by atoms with Crippen LogP contribution in [0.4, 0.5) is 26.3 Å². The van der Waals surface area contributed by atoms with Gasteiger partial charge in [-0.2, -0.15) is 42.1 Å². The van der Waals surface area contributed by atoms with Crippen molar-refractivity contribution in [2.24, 2.45) is 0 Å². The van der Waals surface area contributed by atoms with Gasteiger partial charge in [-0.3, -0.25) is 0 Å². The number of rotatable bonds is 4. The minimum absolute atomic E-state index is 0.0540. The highest BCUT2D eigenvalue weighted by Gasteiger charge is 2.39. The second-order valence-corrected chi connectivity index (χ2v) is 10.4. The molecule has 0 radical (unpaired) electrons. The van der Waals surface area contributed by atoms with Crippen molar-refractivity contribution >= 4 is 33.4 Å². The molecule has 0 saturated carbocycles. The highest BCUT2D eigenvalue weighted by Crippen LogP contribution is 2.55. The van der Waals surface area contributed by atoms with Crippen LogP contribution in [0.3, 0.4) is 0 Å². The molecule has 246 valence electrons. The second kappa shape index (κ2) is 13.0. The Bertz CT molecular complexity index is 2430. The Morgan fingerprint density at radius 2 is 0.808 bits per heavy atom. The molecule has 0 N–H and O–H groups in total. The fourth-order valence-corrected chi connectivity index (χ4v) is 5.78. The third-order valence-electron chi connectivity index (χ3n) is 7.64. The molecule has 3 aromatic carbocycles. The number of hydrogen-bond donors (Lipinski definition) is 0. The lowest BCUT2D eigenvalue weighted by atomic mass is 9.89. The van der Waals surface area contributed by atoms with Gasteiger partial charge in [-0.25, -0.2) is 0 Å². The highest BCUT2D eigenvalue weighted by atomic mass is 19.4. The maximum atomic E-state index is 13.2. The molecule has 16 heteroatoms. The number of halogens is 6. The molecular formula is C36H8F6N8O2. The second-order valence-electron chi connectivity index (χ2n) is 10.4. The average molecular weight is 699 g/mol. The van der Waals surface area contributed by atoms with E-state index in [0.717, 1.165) is 36.4 Å². The fourth-order valence-electron chi connectivity index (χ4n) is 5.78. The number of benzene rings is 3. The van der Waals surface area contributed by atoms with Gasteiger partial charge in [0, 0.05) is 33.4 Å². The Labute approximate surface area is 288 Å². The van der Waals surface area contributed by atoms with Crippen molar-refractivity contribution in [3.63, 3.8) is 0 Å². The fraction of sp³-hybridized carbons (Fsp3) is 0.0556. The van der Waals surface area contributed by atoms with Gasteiger partial charge >= 0.3 is 12.7 Å². The number of hydrogen-bond acceptors (Lipinski definition) is 10. The Morgan fingerprint density at radius 3 is 1.10 bits per heavy atom. The predicted molar refractivity (Wildman–Crippen MR) is 163 cm³/mol. The highest BCUT2D eigenvalue weighted by molar-refractivity contribution is 6.30. The molecule has 0 aromatic heterocycles. The Kier molecular flexibility index (Phi) is 8.74. The Morgan fingerprint density at radius 1 is 0.462 bits per heavy atom. The van der Waals surface area contributed by atoms with Gasteiger partial charge in [-0.1, -0.05) is 12.1 Å². The van der Waals surface area contributed by atoms with Gasteiger partial charge in [-0.15, -0.1) is 26.3 Å². The van der Waals surface area contributed by atoms with Crippen molar-refractivity contribution in [3.8, 4) is 60.1 Å². The first-order chi connectivity index (χ1) is 24.7. The zero-order chi connectivity index (χ0) is 38.1. The van der Waals surface area contributed by atoms with Crippen LogP contribution in [0.1, 0.15) is 44.5 Å². The van der Waals surface area contributed by atoms with Crippen LogP contribution in [0.2, 0.25) is 0 Å². The molecule has 0 amide bonds. The summed E-state index contributed by atoms with van der Waals surface area (Å²) in [5.41, 5.74) is -4.63. The van der Waals surface area contributed by atoms with Crippen LogP contribution in [0, 0.1) is 90.6 Å². The standard InChI is InChI=1S/C36H8F6N8O2/c37-35(38,39)51-29-5-17(1-3-19(29)9-43)31-27(15-49)23-7-24-26(8-25(23)33(31)21(11-45)12-46)34(22(13-47)14-48)32(28(24)16-50)18-2-4-20(10-44)30(6-18)52-36(40,41)42/h1-8H. The first-order valence-corrected chi connectivity index (χ1v) is 13.9. The predicted octanol–water partition coefficient (Wildman–Crippen LogP) is 7.72. The topological polar surface area (TPSA) is 209 Å². The quantitative estimate of drug-likeness (QED) is 0.191. The van der Waals surface area contributed by atoms with Crippen molar-refractivity contribution in [2.45, 2.75) is 12.7 Å². The van der Waals surface area contributed by atoms with Gasteiger partial charge < -0.3 is 9.47 Å². The molecule has 0 unspecified atom stereocenters. The number of allylic oxidation sites excluding steroid dienone is 8. The number of alkyl halides is 6. The maximum absolute atomic E-state index is 13.2. The van der Waals surface area contributed by atoms with Gasteiger partial charge in [0.05, 0.1) is 22.3 Å². The maximum Gasteiger partial charge on any atom is 0.573 e. The van der Waals surface area contributed by atoms with E-state index >= 15 is 0 Å². The lowest BCUT2D eigenvalue weighted by Gasteiger charge is -2.14. The minimum Gasteiger partial charge on any atom is -0.404 e. The SMILES string of the molecule is N#CC(C#N)=C1C(c2ccc(C#N)c(OC(F)(F)F)c2)=C(C#N)c2cc3c(cc21)C(=C(C#N)C#N)C(c1ccc(C#N)c(OC(F)(F)F)c1)=C3C#N. The van der Waals surface area contributed by atoms with E-state index in [1.807, 2.05) is 12.1 Å². The van der Waals surface area contributed by atoms with Crippen LogP contribution in [0.25, 0.3) is 33.4 Å². The van der Waals surface area contributed by atoms with Gasteiger partial charge in [0.2, 0.25) is 0 Å². The summed E-state index contributed by atoms with van der Waals surface area (Å²) in [4.78, 5) is 0. The zero-order valence-electron chi connectivity index (χ0n) is 25.3. The number of ether oxygens (including phenoxy) is 2. The van der Waals surface area contributed by atoms with Crippen molar-refractivity contribution < 1.29 is 35.8 Å². The first-order valence-electron chi connectivity index (χ1n) is 13.9. The van der Waals surface area contributed by atoms with E-state index in [-0.39, 0.29) is 66.8 Å². The Balaban J connectivity index is 1.89. The largest absolute Gasteiger partial charge is 0.573 e. The van der Waals surface area contributed by atoms with Crippen LogP contribution in [-0.2, 0) is 0 Å². The molecule has 52 heavy (non-hydrogen) atoms. The van der Waals surface area contributed by atoms with Crippen molar-refractivity contribution in [2.75, 3.05) is 0 Å². The van der Waals surface area contributed by atoms with E-state index in [9.17, 15) is 68.4 Å². The van der Waals surface area contributed by atoms with E-state index in [1.54, 1.807) is 36.4 Å².